The van der Waals surface area contributed by atoms with Gasteiger partial charge in [0.05, 0.1) is 6.21 Å². The monoisotopic (exact) mass is 252 g/mol. The number of benzene rings is 2. The lowest BCUT2D eigenvalue weighted by Gasteiger charge is -2.03. The van der Waals surface area contributed by atoms with Crippen molar-refractivity contribution in [1.82, 2.24) is 5.43 Å². The molecule has 3 heteroatoms. The molecule has 96 valence electrons. The zero-order valence-corrected chi connectivity index (χ0v) is 11.1. The Labute approximate surface area is 113 Å². The summed E-state index contributed by atoms with van der Waals surface area (Å²) < 4.78 is 0. The topological polar surface area (TPSA) is 41.5 Å². The first-order valence-corrected chi connectivity index (χ1v) is 6.13. The first-order chi connectivity index (χ1) is 9.18. The predicted octanol–water partition coefficient (Wildman–Crippen LogP) is 3.07. The SMILES string of the molecule is Cc1ccccc1/C=N\NC(=O)c1ccccc1C. The van der Waals surface area contributed by atoms with Crippen molar-refractivity contribution < 1.29 is 4.79 Å². The van der Waals surface area contributed by atoms with Gasteiger partial charge >= 0.3 is 0 Å². The number of nitrogens with zero attached hydrogens (tertiary/aromatic N) is 1. The molecule has 0 atom stereocenters. The van der Waals surface area contributed by atoms with E-state index >= 15 is 0 Å². The van der Waals surface area contributed by atoms with E-state index in [1.54, 1.807) is 12.3 Å². The maximum absolute atomic E-state index is 11.9. The van der Waals surface area contributed by atoms with Crippen molar-refractivity contribution in [2.75, 3.05) is 0 Å². The van der Waals surface area contributed by atoms with Crippen LogP contribution in [0.4, 0.5) is 0 Å². The summed E-state index contributed by atoms with van der Waals surface area (Å²) in [7, 11) is 0. The molecular weight excluding hydrogens is 236 g/mol. The number of carbonyl (C=O) groups excluding carboxylic acids is 1. The van der Waals surface area contributed by atoms with Crippen LogP contribution in [0.3, 0.4) is 0 Å². The van der Waals surface area contributed by atoms with Gasteiger partial charge in [0.2, 0.25) is 0 Å². The lowest BCUT2D eigenvalue weighted by Crippen LogP contribution is -2.18. The number of hydrogen-bond donors (Lipinski definition) is 1. The lowest BCUT2D eigenvalue weighted by atomic mass is 10.1. The number of nitrogens with one attached hydrogen (secondary N) is 1. The van der Waals surface area contributed by atoms with Crippen LogP contribution in [0.5, 0.6) is 0 Å². The molecule has 2 rings (SSSR count). The number of amides is 1. The van der Waals surface area contributed by atoms with E-state index in [0.717, 1.165) is 16.7 Å². The molecule has 19 heavy (non-hydrogen) atoms. The third-order valence-electron chi connectivity index (χ3n) is 2.95. The molecule has 0 fully saturated rings. The Morgan fingerprint density at radius 2 is 1.63 bits per heavy atom. The smallest absolute Gasteiger partial charge is 0.267 e. The number of hydrogen-bond acceptors (Lipinski definition) is 2. The Hall–Kier alpha value is -2.42. The van der Waals surface area contributed by atoms with Crippen molar-refractivity contribution in [3.63, 3.8) is 0 Å². The van der Waals surface area contributed by atoms with Gasteiger partial charge in [-0.3, -0.25) is 4.79 Å². The zero-order chi connectivity index (χ0) is 13.7. The predicted molar refractivity (Wildman–Crippen MR) is 77.4 cm³/mol. The molecule has 2 aromatic rings. The Morgan fingerprint density at radius 3 is 2.32 bits per heavy atom. The van der Waals surface area contributed by atoms with E-state index in [0.29, 0.717) is 5.56 Å². The fourth-order valence-corrected chi connectivity index (χ4v) is 1.78. The summed E-state index contributed by atoms with van der Waals surface area (Å²) in [5.41, 5.74) is 6.24. The van der Waals surface area contributed by atoms with Crippen LogP contribution in [0.2, 0.25) is 0 Å². The number of rotatable bonds is 3. The minimum atomic E-state index is -0.192. The molecule has 2 aromatic carbocycles. The Bertz CT molecular complexity index is 618. The molecule has 0 aliphatic heterocycles. The van der Waals surface area contributed by atoms with Gasteiger partial charge in [-0.1, -0.05) is 42.5 Å². The maximum Gasteiger partial charge on any atom is 0.271 e. The lowest BCUT2D eigenvalue weighted by molar-refractivity contribution is 0.0954. The van der Waals surface area contributed by atoms with Crippen LogP contribution in [0.25, 0.3) is 0 Å². The first-order valence-electron chi connectivity index (χ1n) is 6.13. The van der Waals surface area contributed by atoms with Crippen molar-refractivity contribution in [2.24, 2.45) is 5.10 Å². The summed E-state index contributed by atoms with van der Waals surface area (Å²) in [6.45, 7) is 3.91. The van der Waals surface area contributed by atoms with Gasteiger partial charge in [-0.15, -0.1) is 0 Å². The van der Waals surface area contributed by atoms with Gasteiger partial charge in [-0.2, -0.15) is 5.10 Å². The minimum absolute atomic E-state index is 0.192. The van der Waals surface area contributed by atoms with Crippen LogP contribution in [0.1, 0.15) is 27.0 Å². The molecule has 0 aliphatic rings. The molecule has 0 saturated heterocycles. The number of carbonyl (C=O) groups is 1. The van der Waals surface area contributed by atoms with Crippen LogP contribution in [0, 0.1) is 13.8 Å². The highest BCUT2D eigenvalue weighted by Crippen LogP contribution is 2.06. The Balaban J connectivity index is 2.06. The molecule has 0 bridgehead atoms. The van der Waals surface area contributed by atoms with Gasteiger partial charge in [0.25, 0.3) is 5.91 Å². The summed E-state index contributed by atoms with van der Waals surface area (Å²) in [6.07, 6.45) is 1.66. The standard InChI is InChI=1S/C16H16N2O/c1-12-7-3-5-9-14(12)11-17-18-16(19)15-10-6-4-8-13(15)2/h3-11H,1-2H3,(H,18,19)/b17-11-. The third-order valence-corrected chi connectivity index (χ3v) is 2.95. The van der Waals surface area contributed by atoms with Gasteiger partial charge in [-0.05, 0) is 36.6 Å². The van der Waals surface area contributed by atoms with Crippen LogP contribution < -0.4 is 5.43 Å². The van der Waals surface area contributed by atoms with Crippen molar-refractivity contribution in [2.45, 2.75) is 13.8 Å². The van der Waals surface area contributed by atoms with Gasteiger partial charge < -0.3 is 0 Å². The van der Waals surface area contributed by atoms with E-state index in [-0.39, 0.29) is 5.91 Å². The molecule has 1 amide bonds. The van der Waals surface area contributed by atoms with Crippen molar-refractivity contribution in [3.8, 4) is 0 Å². The molecule has 0 saturated carbocycles. The second-order valence-electron chi connectivity index (χ2n) is 4.37. The molecule has 0 spiro atoms. The normalized spacial score (nSPS) is 10.6. The molecule has 0 radical (unpaired) electrons. The second-order valence-corrected chi connectivity index (χ2v) is 4.37. The summed E-state index contributed by atoms with van der Waals surface area (Å²) in [5, 5.41) is 4.00. The fourth-order valence-electron chi connectivity index (χ4n) is 1.78. The van der Waals surface area contributed by atoms with Crippen LogP contribution in [-0.2, 0) is 0 Å². The number of aryl methyl sites for hydroxylation is 2. The van der Waals surface area contributed by atoms with E-state index in [1.807, 2.05) is 56.3 Å². The zero-order valence-electron chi connectivity index (χ0n) is 11.1. The molecule has 0 aromatic heterocycles. The highest BCUT2D eigenvalue weighted by molar-refractivity contribution is 5.96. The molecule has 0 aliphatic carbocycles. The fraction of sp³-hybridized carbons (Fsp3) is 0.125. The minimum Gasteiger partial charge on any atom is -0.267 e. The van der Waals surface area contributed by atoms with E-state index in [9.17, 15) is 4.79 Å². The van der Waals surface area contributed by atoms with Gasteiger partial charge in [0, 0.05) is 5.56 Å². The largest absolute Gasteiger partial charge is 0.271 e. The molecule has 0 heterocycles. The Morgan fingerprint density at radius 1 is 1.00 bits per heavy atom. The van der Waals surface area contributed by atoms with Crippen LogP contribution in [0.15, 0.2) is 53.6 Å². The highest BCUT2D eigenvalue weighted by Gasteiger charge is 2.06. The molecular formula is C16H16N2O. The summed E-state index contributed by atoms with van der Waals surface area (Å²) >= 11 is 0. The Kier molecular flexibility index (Phi) is 4.08. The average molecular weight is 252 g/mol. The van der Waals surface area contributed by atoms with Gasteiger partial charge in [0.15, 0.2) is 0 Å². The van der Waals surface area contributed by atoms with E-state index in [2.05, 4.69) is 10.5 Å². The number of hydrazone groups is 1. The highest BCUT2D eigenvalue weighted by atomic mass is 16.2. The molecule has 1 N–H and O–H groups in total. The van der Waals surface area contributed by atoms with Crippen LogP contribution in [-0.4, -0.2) is 12.1 Å². The average Bonchev–Trinajstić information content (AvgIpc) is 2.41. The molecule has 3 nitrogen and oxygen atoms in total. The van der Waals surface area contributed by atoms with E-state index in [4.69, 9.17) is 0 Å². The van der Waals surface area contributed by atoms with Gasteiger partial charge in [-0.25, -0.2) is 5.43 Å². The van der Waals surface area contributed by atoms with Gasteiger partial charge in [0.1, 0.15) is 0 Å². The third kappa shape index (κ3) is 3.28. The summed E-state index contributed by atoms with van der Waals surface area (Å²) in [5.74, 6) is -0.192. The van der Waals surface area contributed by atoms with Crippen molar-refractivity contribution in [1.29, 1.82) is 0 Å². The summed E-state index contributed by atoms with van der Waals surface area (Å²) in [6, 6.07) is 15.3. The molecule has 0 unspecified atom stereocenters. The van der Waals surface area contributed by atoms with E-state index < -0.39 is 0 Å². The second kappa shape index (κ2) is 5.96. The quantitative estimate of drug-likeness (QED) is 0.662. The van der Waals surface area contributed by atoms with Crippen molar-refractivity contribution >= 4 is 12.1 Å². The summed E-state index contributed by atoms with van der Waals surface area (Å²) in [4.78, 5) is 11.9. The van der Waals surface area contributed by atoms with E-state index in [1.165, 1.54) is 0 Å². The van der Waals surface area contributed by atoms with Crippen LogP contribution >= 0.6 is 0 Å². The first kappa shape index (κ1) is 13.0. The maximum atomic E-state index is 11.9. The van der Waals surface area contributed by atoms with Crippen molar-refractivity contribution in [3.05, 3.63) is 70.8 Å².